The summed E-state index contributed by atoms with van der Waals surface area (Å²) in [5, 5.41) is 6.69. The zero-order valence-corrected chi connectivity index (χ0v) is 14.1. The van der Waals surface area contributed by atoms with Crippen LogP contribution in [0.4, 0.5) is 0 Å². The Morgan fingerprint density at radius 2 is 1.86 bits per heavy atom. The van der Waals surface area contributed by atoms with Crippen LogP contribution in [0.3, 0.4) is 0 Å². The normalized spacial score (nSPS) is 11.5. The molecule has 0 aromatic heterocycles. The molecule has 0 atom stereocenters. The summed E-state index contributed by atoms with van der Waals surface area (Å²) < 4.78 is 5.05. The Balaban J connectivity index is 2.17. The average molecular weight is 305 g/mol. The maximum absolute atomic E-state index is 5.05. The van der Waals surface area contributed by atoms with Gasteiger partial charge < -0.3 is 15.4 Å². The standard InChI is InChI=1S/C18H31N3O/c1-3-19-18(20-14-8-5-9-16-22-2)21-15-10-13-17-11-6-4-7-12-17/h4,6-7,11-12H,3,5,8-10,13-16H2,1-2H3,(H2,19,20,21). The summed E-state index contributed by atoms with van der Waals surface area (Å²) in [5.74, 6) is 0.933. The van der Waals surface area contributed by atoms with Crippen LogP contribution in [0.15, 0.2) is 35.3 Å². The number of benzene rings is 1. The molecule has 124 valence electrons. The molecular weight excluding hydrogens is 274 g/mol. The fourth-order valence-electron chi connectivity index (χ4n) is 2.22. The SMILES string of the molecule is CCNC(=NCCCc1ccccc1)NCCCCCOC. The molecule has 22 heavy (non-hydrogen) atoms. The number of unbranched alkanes of at least 4 members (excludes halogenated alkanes) is 2. The third kappa shape index (κ3) is 9.40. The van der Waals surface area contributed by atoms with Crippen LogP contribution in [-0.4, -0.2) is 39.3 Å². The van der Waals surface area contributed by atoms with E-state index in [-0.39, 0.29) is 0 Å². The number of hydrogen-bond acceptors (Lipinski definition) is 2. The highest BCUT2D eigenvalue weighted by Gasteiger charge is 1.97. The van der Waals surface area contributed by atoms with Crippen molar-refractivity contribution in [1.82, 2.24) is 10.6 Å². The van der Waals surface area contributed by atoms with Crippen LogP contribution in [-0.2, 0) is 11.2 Å². The van der Waals surface area contributed by atoms with E-state index in [4.69, 9.17) is 4.74 Å². The van der Waals surface area contributed by atoms with E-state index in [1.807, 2.05) is 0 Å². The number of methoxy groups -OCH3 is 1. The summed E-state index contributed by atoms with van der Waals surface area (Å²) in [6.45, 7) is 5.67. The molecule has 0 radical (unpaired) electrons. The van der Waals surface area contributed by atoms with Gasteiger partial charge >= 0.3 is 0 Å². The number of nitrogens with zero attached hydrogens (tertiary/aromatic N) is 1. The smallest absolute Gasteiger partial charge is 0.191 e. The minimum Gasteiger partial charge on any atom is -0.385 e. The minimum absolute atomic E-state index is 0.855. The summed E-state index contributed by atoms with van der Waals surface area (Å²) in [7, 11) is 1.75. The van der Waals surface area contributed by atoms with E-state index in [2.05, 4.69) is 52.9 Å². The molecule has 0 aliphatic rings. The number of aliphatic imine (C=N–C) groups is 1. The largest absolute Gasteiger partial charge is 0.385 e. The Hall–Kier alpha value is -1.55. The zero-order chi connectivity index (χ0) is 15.9. The van der Waals surface area contributed by atoms with Crippen molar-refractivity contribution in [1.29, 1.82) is 0 Å². The third-order valence-electron chi connectivity index (χ3n) is 3.40. The predicted octanol–water partition coefficient (Wildman–Crippen LogP) is 2.99. The van der Waals surface area contributed by atoms with Gasteiger partial charge in [-0.2, -0.15) is 0 Å². The summed E-state index contributed by atoms with van der Waals surface area (Å²) in [6.07, 6.45) is 5.63. The van der Waals surface area contributed by atoms with Crippen molar-refractivity contribution in [3.63, 3.8) is 0 Å². The van der Waals surface area contributed by atoms with Gasteiger partial charge in [0.2, 0.25) is 0 Å². The highest BCUT2D eigenvalue weighted by Crippen LogP contribution is 2.02. The molecule has 0 fully saturated rings. The van der Waals surface area contributed by atoms with Crippen molar-refractivity contribution in [2.75, 3.05) is 33.4 Å². The van der Waals surface area contributed by atoms with Gasteiger partial charge in [0.1, 0.15) is 0 Å². The molecule has 0 saturated carbocycles. The van der Waals surface area contributed by atoms with Crippen LogP contribution in [0.25, 0.3) is 0 Å². The molecular formula is C18H31N3O. The molecule has 0 amide bonds. The molecule has 1 aromatic rings. The lowest BCUT2D eigenvalue weighted by atomic mass is 10.1. The van der Waals surface area contributed by atoms with Crippen molar-refractivity contribution in [2.24, 2.45) is 4.99 Å². The van der Waals surface area contributed by atoms with Gasteiger partial charge in [0, 0.05) is 33.4 Å². The zero-order valence-electron chi connectivity index (χ0n) is 14.1. The van der Waals surface area contributed by atoms with E-state index in [1.165, 1.54) is 12.0 Å². The van der Waals surface area contributed by atoms with Crippen LogP contribution in [0.1, 0.15) is 38.2 Å². The lowest BCUT2D eigenvalue weighted by molar-refractivity contribution is 0.192. The summed E-state index contributed by atoms with van der Waals surface area (Å²) >= 11 is 0. The third-order valence-corrected chi connectivity index (χ3v) is 3.40. The average Bonchev–Trinajstić information content (AvgIpc) is 2.55. The Bertz CT molecular complexity index is 393. The predicted molar refractivity (Wildman–Crippen MR) is 94.5 cm³/mol. The molecule has 0 heterocycles. The van der Waals surface area contributed by atoms with E-state index < -0.39 is 0 Å². The second kappa shape index (κ2) is 13.1. The number of guanidine groups is 1. The number of ether oxygens (including phenoxy) is 1. The van der Waals surface area contributed by atoms with Gasteiger partial charge in [0.15, 0.2) is 5.96 Å². The fraction of sp³-hybridized carbons (Fsp3) is 0.611. The lowest BCUT2D eigenvalue weighted by Gasteiger charge is -2.11. The van der Waals surface area contributed by atoms with Gasteiger partial charge in [-0.15, -0.1) is 0 Å². The molecule has 2 N–H and O–H groups in total. The van der Waals surface area contributed by atoms with E-state index in [1.54, 1.807) is 7.11 Å². The first kappa shape index (κ1) is 18.5. The van der Waals surface area contributed by atoms with Gasteiger partial charge in [-0.1, -0.05) is 30.3 Å². The first-order chi connectivity index (χ1) is 10.9. The van der Waals surface area contributed by atoms with E-state index in [0.29, 0.717) is 0 Å². The van der Waals surface area contributed by atoms with Crippen LogP contribution in [0.5, 0.6) is 0 Å². The number of nitrogens with one attached hydrogen (secondary N) is 2. The van der Waals surface area contributed by atoms with Crippen LogP contribution in [0, 0.1) is 0 Å². The molecule has 4 nitrogen and oxygen atoms in total. The lowest BCUT2D eigenvalue weighted by Crippen LogP contribution is -2.37. The van der Waals surface area contributed by atoms with Gasteiger partial charge in [0.25, 0.3) is 0 Å². The van der Waals surface area contributed by atoms with E-state index >= 15 is 0 Å². The molecule has 4 heteroatoms. The summed E-state index contributed by atoms with van der Waals surface area (Å²) in [4.78, 5) is 4.63. The van der Waals surface area contributed by atoms with Crippen LogP contribution >= 0.6 is 0 Å². The van der Waals surface area contributed by atoms with Gasteiger partial charge in [-0.3, -0.25) is 4.99 Å². The maximum atomic E-state index is 5.05. The van der Waals surface area contributed by atoms with Gasteiger partial charge in [-0.05, 0) is 44.6 Å². The Kier molecular flexibility index (Phi) is 11.0. The van der Waals surface area contributed by atoms with E-state index in [0.717, 1.165) is 57.9 Å². The monoisotopic (exact) mass is 305 g/mol. The molecule has 0 spiro atoms. The molecule has 1 rings (SSSR count). The molecule has 0 bridgehead atoms. The van der Waals surface area contributed by atoms with Gasteiger partial charge in [-0.25, -0.2) is 0 Å². The number of hydrogen-bond donors (Lipinski definition) is 2. The number of aryl methyl sites for hydroxylation is 1. The summed E-state index contributed by atoms with van der Waals surface area (Å²) in [5.41, 5.74) is 1.38. The summed E-state index contributed by atoms with van der Waals surface area (Å²) in [6, 6.07) is 10.6. The van der Waals surface area contributed by atoms with Crippen LogP contribution < -0.4 is 10.6 Å². The van der Waals surface area contributed by atoms with Crippen LogP contribution in [0.2, 0.25) is 0 Å². The first-order valence-corrected chi connectivity index (χ1v) is 8.42. The Labute approximate surface area is 135 Å². The first-order valence-electron chi connectivity index (χ1n) is 8.42. The van der Waals surface area contributed by atoms with Crippen molar-refractivity contribution < 1.29 is 4.74 Å². The van der Waals surface area contributed by atoms with Crippen molar-refractivity contribution >= 4 is 5.96 Å². The molecule has 0 saturated heterocycles. The van der Waals surface area contributed by atoms with Crippen molar-refractivity contribution in [3.8, 4) is 0 Å². The fourth-order valence-corrected chi connectivity index (χ4v) is 2.22. The molecule has 1 aromatic carbocycles. The molecule has 0 aliphatic carbocycles. The second-order valence-electron chi connectivity index (χ2n) is 5.33. The minimum atomic E-state index is 0.855. The molecule has 0 unspecified atom stereocenters. The van der Waals surface area contributed by atoms with E-state index in [9.17, 15) is 0 Å². The Morgan fingerprint density at radius 1 is 1.05 bits per heavy atom. The highest BCUT2D eigenvalue weighted by molar-refractivity contribution is 5.79. The maximum Gasteiger partial charge on any atom is 0.191 e. The quantitative estimate of drug-likeness (QED) is 0.375. The second-order valence-corrected chi connectivity index (χ2v) is 5.33. The Morgan fingerprint density at radius 3 is 2.59 bits per heavy atom. The van der Waals surface area contributed by atoms with Crippen molar-refractivity contribution in [3.05, 3.63) is 35.9 Å². The van der Waals surface area contributed by atoms with Crippen molar-refractivity contribution in [2.45, 2.75) is 39.0 Å². The number of rotatable bonds is 11. The molecule has 0 aliphatic heterocycles. The topological polar surface area (TPSA) is 45.7 Å². The van der Waals surface area contributed by atoms with Gasteiger partial charge in [0.05, 0.1) is 0 Å². The highest BCUT2D eigenvalue weighted by atomic mass is 16.5.